The number of hydrogen-bond acceptors (Lipinski definition) is 3. The molecule has 0 aromatic heterocycles. The molecule has 3 rings (SSSR count). The second-order valence-corrected chi connectivity index (χ2v) is 5.55. The summed E-state index contributed by atoms with van der Waals surface area (Å²) in [5.74, 6) is -0.391. The molecule has 0 bridgehead atoms. The van der Waals surface area contributed by atoms with Crippen molar-refractivity contribution in [3.8, 4) is 0 Å². The van der Waals surface area contributed by atoms with Crippen LogP contribution < -0.4 is 5.32 Å². The molecule has 1 aliphatic carbocycles. The van der Waals surface area contributed by atoms with Crippen molar-refractivity contribution >= 4 is 11.8 Å². The van der Waals surface area contributed by atoms with E-state index in [2.05, 4.69) is 10.3 Å². The summed E-state index contributed by atoms with van der Waals surface area (Å²) in [5, 5.41) is 12.4. The highest BCUT2D eigenvalue weighted by Crippen LogP contribution is 2.30. The van der Waals surface area contributed by atoms with Crippen LogP contribution in [0.1, 0.15) is 24.8 Å². The average molecular weight is 276 g/mol. The molecule has 2 aliphatic rings. The number of nitrogens with one attached hydrogen (secondary N) is 1. The Kier molecular flexibility index (Phi) is 3.42. The number of aliphatic imine (C=N–C) groups is 1. The Morgan fingerprint density at radius 2 is 2.30 bits per heavy atom. The molecule has 4 nitrogen and oxygen atoms in total. The molecule has 3 atom stereocenters. The van der Waals surface area contributed by atoms with E-state index in [0.29, 0.717) is 19.3 Å². The highest BCUT2D eigenvalue weighted by Gasteiger charge is 2.37. The summed E-state index contributed by atoms with van der Waals surface area (Å²) in [6.45, 7) is 0. The smallest absolute Gasteiger partial charge is 0.306 e. The van der Waals surface area contributed by atoms with Gasteiger partial charge in [0.15, 0.2) is 0 Å². The van der Waals surface area contributed by atoms with Gasteiger partial charge in [-0.25, -0.2) is 4.39 Å². The summed E-state index contributed by atoms with van der Waals surface area (Å²) in [5.41, 5.74) is 0.879. The second kappa shape index (κ2) is 5.23. The van der Waals surface area contributed by atoms with Crippen molar-refractivity contribution in [1.29, 1.82) is 0 Å². The van der Waals surface area contributed by atoms with Crippen LogP contribution >= 0.6 is 0 Å². The van der Waals surface area contributed by atoms with Gasteiger partial charge in [-0.2, -0.15) is 0 Å². The van der Waals surface area contributed by atoms with Gasteiger partial charge >= 0.3 is 5.97 Å². The molecule has 1 aromatic carbocycles. The number of carboxylic acid groups (broad SMARTS) is 1. The van der Waals surface area contributed by atoms with E-state index in [1.165, 1.54) is 12.1 Å². The molecule has 20 heavy (non-hydrogen) atoms. The molecular weight excluding hydrogens is 259 g/mol. The van der Waals surface area contributed by atoms with Gasteiger partial charge in [0, 0.05) is 6.42 Å². The van der Waals surface area contributed by atoms with Crippen molar-refractivity contribution in [2.45, 2.75) is 37.8 Å². The highest BCUT2D eigenvalue weighted by molar-refractivity contribution is 5.86. The molecule has 5 heteroatoms. The summed E-state index contributed by atoms with van der Waals surface area (Å²) in [6.07, 6.45) is 2.69. The van der Waals surface area contributed by atoms with E-state index in [9.17, 15) is 9.18 Å². The van der Waals surface area contributed by atoms with Crippen molar-refractivity contribution < 1.29 is 14.3 Å². The number of carbonyl (C=O) groups is 1. The zero-order valence-electron chi connectivity index (χ0n) is 11.1. The fraction of sp³-hybridized carbons (Fsp3) is 0.467. The Bertz CT molecular complexity index is 559. The van der Waals surface area contributed by atoms with Gasteiger partial charge in [-0.3, -0.25) is 9.79 Å². The lowest BCUT2D eigenvalue weighted by molar-refractivity contribution is -0.143. The molecule has 0 amide bonds. The van der Waals surface area contributed by atoms with Crippen molar-refractivity contribution in [3.63, 3.8) is 0 Å². The Hall–Kier alpha value is -1.91. The third-order valence-electron chi connectivity index (χ3n) is 4.10. The molecule has 0 spiro atoms. The lowest BCUT2D eigenvalue weighted by Gasteiger charge is -2.28. The van der Waals surface area contributed by atoms with Gasteiger partial charge in [0.1, 0.15) is 11.7 Å². The van der Waals surface area contributed by atoms with Crippen molar-refractivity contribution in [1.82, 2.24) is 5.32 Å². The normalized spacial score (nSPS) is 28.4. The monoisotopic (exact) mass is 276 g/mol. The number of nitrogens with zero attached hydrogens (tertiary/aromatic N) is 1. The zero-order chi connectivity index (χ0) is 14.1. The maximum Gasteiger partial charge on any atom is 0.306 e. The van der Waals surface area contributed by atoms with Crippen LogP contribution in [0.15, 0.2) is 29.3 Å². The van der Waals surface area contributed by atoms with E-state index < -0.39 is 5.97 Å². The van der Waals surface area contributed by atoms with Crippen molar-refractivity contribution in [2.24, 2.45) is 10.9 Å². The number of benzene rings is 1. The first-order valence-electron chi connectivity index (χ1n) is 6.92. The molecule has 106 valence electrons. The van der Waals surface area contributed by atoms with Crippen LogP contribution in [0.3, 0.4) is 0 Å². The van der Waals surface area contributed by atoms with Crippen molar-refractivity contribution in [3.05, 3.63) is 35.6 Å². The van der Waals surface area contributed by atoms with Crippen LogP contribution in [0.4, 0.5) is 4.39 Å². The first-order chi connectivity index (χ1) is 9.61. The Balaban J connectivity index is 1.65. The fourth-order valence-corrected chi connectivity index (χ4v) is 3.08. The molecule has 3 unspecified atom stereocenters. The van der Waals surface area contributed by atoms with Crippen LogP contribution in [0, 0.1) is 11.7 Å². The standard InChI is InChI=1S/C15H17FN2O2/c16-11-3-1-2-9(6-11)7-14-17-12-5-4-10(15(19)20)8-13(12)18-14/h1-3,6,10,12-13H,4-5,7-8H2,(H,17,18)(H,19,20). The minimum Gasteiger partial charge on any atom is -0.481 e. The predicted molar refractivity (Wildman–Crippen MR) is 73.2 cm³/mol. The minimum atomic E-state index is -0.719. The molecule has 1 heterocycles. The largest absolute Gasteiger partial charge is 0.481 e. The van der Waals surface area contributed by atoms with Crippen molar-refractivity contribution in [2.75, 3.05) is 0 Å². The highest BCUT2D eigenvalue weighted by atomic mass is 19.1. The number of hydrogen-bond donors (Lipinski definition) is 2. The van der Waals surface area contributed by atoms with E-state index in [1.54, 1.807) is 6.07 Å². The van der Waals surface area contributed by atoms with E-state index in [0.717, 1.165) is 17.8 Å². The molecule has 1 aromatic rings. The van der Waals surface area contributed by atoms with E-state index >= 15 is 0 Å². The Morgan fingerprint density at radius 1 is 1.45 bits per heavy atom. The molecule has 0 radical (unpaired) electrons. The maximum atomic E-state index is 13.2. The molecular formula is C15H17FN2O2. The van der Waals surface area contributed by atoms with Gasteiger partial charge in [-0.1, -0.05) is 12.1 Å². The third kappa shape index (κ3) is 2.66. The molecule has 1 saturated carbocycles. The first kappa shape index (κ1) is 13.1. The number of aliphatic carboxylic acids is 1. The quantitative estimate of drug-likeness (QED) is 0.887. The number of rotatable bonds is 3. The molecule has 2 N–H and O–H groups in total. The second-order valence-electron chi connectivity index (χ2n) is 5.55. The predicted octanol–water partition coefficient (Wildman–Crippen LogP) is 1.99. The van der Waals surface area contributed by atoms with Gasteiger partial charge in [0.25, 0.3) is 0 Å². The average Bonchev–Trinajstić information content (AvgIpc) is 2.79. The van der Waals surface area contributed by atoms with Gasteiger partial charge in [0.05, 0.1) is 18.0 Å². The fourth-order valence-electron chi connectivity index (χ4n) is 3.08. The maximum absolute atomic E-state index is 13.2. The first-order valence-corrected chi connectivity index (χ1v) is 6.92. The van der Waals surface area contributed by atoms with Crippen LogP contribution in [0.5, 0.6) is 0 Å². The Labute approximate surface area is 116 Å². The third-order valence-corrected chi connectivity index (χ3v) is 4.10. The van der Waals surface area contributed by atoms with Crippen LogP contribution in [-0.2, 0) is 11.2 Å². The summed E-state index contributed by atoms with van der Waals surface area (Å²) in [6, 6.07) is 6.78. The molecule has 1 aliphatic heterocycles. The van der Waals surface area contributed by atoms with Crippen LogP contribution in [0.2, 0.25) is 0 Å². The lowest BCUT2D eigenvalue weighted by atomic mass is 9.83. The molecule has 0 saturated heterocycles. The number of fused-ring (bicyclic) bond motifs is 1. The zero-order valence-corrected chi connectivity index (χ0v) is 11.1. The molecule has 1 fully saturated rings. The lowest BCUT2D eigenvalue weighted by Crippen LogP contribution is -2.41. The van der Waals surface area contributed by atoms with E-state index in [4.69, 9.17) is 5.11 Å². The van der Waals surface area contributed by atoms with Gasteiger partial charge in [-0.05, 0) is 37.0 Å². The number of halogens is 1. The summed E-state index contributed by atoms with van der Waals surface area (Å²) < 4.78 is 13.2. The summed E-state index contributed by atoms with van der Waals surface area (Å²) in [4.78, 5) is 15.7. The van der Waals surface area contributed by atoms with Crippen LogP contribution in [-0.4, -0.2) is 29.0 Å². The Morgan fingerprint density at radius 3 is 3.05 bits per heavy atom. The number of carboxylic acids is 1. The van der Waals surface area contributed by atoms with Gasteiger partial charge in [-0.15, -0.1) is 0 Å². The van der Waals surface area contributed by atoms with Crippen LogP contribution in [0.25, 0.3) is 0 Å². The number of amidine groups is 1. The van der Waals surface area contributed by atoms with Gasteiger partial charge < -0.3 is 10.4 Å². The van der Waals surface area contributed by atoms with E-state index in [1.807, 2.05) is 6.07 Å². The summed E-state index contributed by atoms with van der Waals surface area (Å²) in [7, 11) is 0. The summed E-state index contributed by atoms with van der Waals surface area (Å²) >= 11 is 0. The SMILES string of the molecule is O=C(O)C1CCC2N=C(Cc3cccc(F)c3)NC2C1. The van der Waals surface area contributed by atoms with E-state index in [-0.39, 0.29) is 23.8 Å². The van der Waals surface area contributed by atoms with Gasteiger partial charge in [0.2, 0.25) is 0 Å². The topological polar surface area (TPSA) is 61.7 Å². The minimum absolute atomic E-state index is 0.119.